The number of carbonyl (C=O) groups is 1. The van der Waals surface area contributed by atoms with Crippen LogP contribution >= 0.6 is 0 Å². The molecule has 0 amide bonds. The van der Waals surface area contributed by atoms with Gasteiger partial charge in [0.05, 0.1) is 4.92 Å². The highest BCUT2D eigenvalue weighted by molar-refractivity contribution is 5.77. The summed E-state index contributed by atoms with van der Waals surface area (Å²) in [4.78, 5) is 23.2. The van der Waals surface area contributed by atoms with E-state index in [1.165, 1.54) is 12.1 Å². The smallest absolute Gasteiger partial charge is 0.323 e. The Hall–Kier alpha value is -1.95. The highest BCUT2D eigenvalue weighted by atomic mass is 16.6. The van der Waals surface area contributed by atoms with Crippen LogP contribution in [0.2, 0.25) is 0 Å². The molecule has 1 rings (SSSR count). The van der Waals surface area contributed by atoms with Gasteiger partial charge in [0, 0.05) is 18.2 Å². The van der Waals surface area contributed by atoms with E-state index >= 15 is 0 Å². The monoisotopic (exact) mass is 266 g/mol. The first kappa shape index (κ1) is 15.1. The van der Waals surface area contributed by atoms with Crippen LogP contribution in [0.5, 0.6) is 0 Å². The van der Waals surface area contributed by atoms with Crippen LogP contribution in [0.4, 0.5) is 5.69 Å². The van der Waals surface area contributed by atoms with Gasteiger partial charge in [-0.25, -0.2) is 0 Å². The van der Waals surface area contributed by atoms with Crippen molar-refractivity contribution in [3.05, 3.63) is 39.9 Å². The van der Waals surface area contributed by atoms with E-state index in [9.17, 15) is 20.0 Å². The molecule has 0 spiro atoms. The Kier molecular flexibility index (Phi) is 4.26. The molecular weight excluding hydrogens is 248 g/mol. The number of nitrogens with zero attached hydrogens (tertiary/aromatic N) is 2. The Balaban J connectivity index is 3.06. The highest BCUT2D eigenvalue weighted by Crippen LogP contribution is 2.28. The third-order valence-corrected chi connectivity index (χ3v) is 3.55. The lowest BCUT2D eigenvalue weighted by molar-refractivity contribution is -0.385. The fourth-order valence-electron chi connectivity index (χ4n) is 1.76. The summed E-state index contributed by atoms with van der Waals surface area (Å²) in [6.45, 7) is 5.02. The summed E-state index contributed by atoms with van der Waals surface area (Å²) in [5, 5.41) is 19.9. The third-order valence-electron chi connectivity index (χ3n) is 3.55. The van der Waals surface area contributed by atoms with Gasteiger partial charge in [0.15, 0.2) is 0 Å². The molecule has 0 bridgehead atoms. The zero-order valence-electron chi connectivity index (χ0n) is 11.5. The maximum Gasteiger partial charge on any atom is 0.323 e. The molecule has 0 aliphatic heterocycles. The van der Waals surface area contributed by atoms with Gasteiger partial charge in [-0.3, -0.25) is 19.8 Å². The minimum atomic E-state index is -1.05. The number of non-ortho nitro benzene ring substituents is 1. The standard InChI is InChI=1S/C13H18N2O4/c1-9(14(4)13(2,3)12(16)17)10-6-5-7-11(8-10)15(18)19/h5-9H,1-4H3,(H,16,17). The van der Waals surface area contributed by atoms with Gasteiger partial charge in [-0.2, -0.15) is 0 Å². The third kappa shape index (κ3) is 3.08. The molecule has 6 nitrogen and oxygen atoms in total. The van der Waals surface area contributed by atoms with Crippen molar-refractivity contribution in [3.63, 3.8) is 0 Å². The van der Waals surface area contributed by atoms with Gasteiger partial charge in [-0.1, -0.05) is 12.1 Å². The van der Waals surface area contributed by atoms with E-state index in [1.807, 2.05) is 6.92 Å². The van der Waals surface area contributed by atoms with E-state index in [2.05, 4.69) is 0 Å². The van der Waals surface area contributed by atoms with E-state index < -0.39 is 16.4 Å². The Labute approximate surface area is 111 Å². The van der Waals surface area contributed by atoms with Gasteiger partial charge in [-0.05, 0) is 33.4 Å². The van der Waals surface area contributed by atoms with Crippen molar-refractivity contribution in [2.75, 3.05) is 7.05 Å². The van der Waals surface area contributed by atoms with Crippen molar-refractivity contribution in [2.45, 2.75) is 32.4 Å². The number of likely N-dealkylation sites (N-methyl/N-ethyl adjacent to an activating group) is 1. The lowest BCUT2D eigenvalue weighted by Gasteiger charge is -2.36. The lowest BCUT2D eigenvalue weighted by Crippen LogP contribution is -2.48. The zero-order chi connectivity index (χ0) is 14.8. The molecule has 1 N–H and O–H groups in total. The second-order valence-corrected chi connectivity index (χ2v) is 5.00. The predicted molar refractivity (Wildman–Crippen MR) is 71.0 cm³/mol. The second-order valence-electron chi connectivity index (χ2n) is 5.00. The number of carboxylic acid groups (broad SMARTS) is 1. The summed E-state index contributed by atoms with van der Waals surface area (Å²) in [6.07, 6.45) is 0. The number of nitro benzene ring substituents is 1. The van der Waals surface area contributed by atoms with Crippen LogP contribution in [0.15, 0.2) is 24.3 Å². The van der Waals surface area contributed by atoms with Crippen LogP contribution < -0.4 is 0 Å². The maximum atomic E-state index is 11.2. The van der Waals surface area contributed by atoms with E-state index in [0.717, 1.165) is 0 Å². The van der Waals surface area contributed by atoms with Crippen LogP contribution in [-0.2, 0) is 4.79 Å². The van der Waals surface area contributed by atoms with E-state index in [1.54, 1.807) is 37.9 Å². The Morgan fingerprint density at radius 2 is 2.05 bits per heavy atom. The number of hydrogen-bond acceptors (Lipinski definition) is 4. The number of nitro groups is 1. The van der Waals surface area contributed by atoms with Crippen molar-refractivity contribution in [3.8, 4) is 0 Å². The molecule has 0 aliphatic carbocycles. The molecule has 0 aromatic heterocycles. The van der Waals surface area contributed by atoms with Gasteiger partial charge in [0.25, 0.3) is 5.69 Å². The Morgan fingerprint density at radius 1 is 1.47 bits per heavy atom. The summed E-state index contributed by atoms with van der Waals surface area (Å²) in [5.41, 5.74) is -0.332. The van der Waals surface area contributed by atoms with Crippen molar-refractivity contribution < 1.29 is 14.8 Å². The number of carboxylic acids is 1. The Bertz CT molecular complexity index is 499. The summed E-state index contributed by atoms with van der Waals surface area (Å²) < 4.78 is 0. The lowest BCUT2D eigenvalue weighted by atomic mass is 9.98. The van der Waals surface area contributed by atoms with Gasteiger partial charge < -0.3 is 5.11 Å². The topological polar surface area (TPSA) is 83.7 Å². The number of aliphatic carboxylic acids is 1. The molecule has 0 saturated heterocycles. The molecular formula is C13H18N2O4. The molecule has 1 unspecified atom stereocenters. The minimum absolute atomic E-state index is 0.00545. The average molecular weight is 266 g/mol. The van der Waals surface area contributed by atoms with E-state index in [0.29, 0.717) is 5.56 Å². The number of hydrogen-bond donors (Lipinski definition) is 1. The first-order valence-electron chi connectivity index (χ1n) is 5.88. The molecule has 1 atom stereocenters. The van der Waals surface area contributed by atoms with E-state index in [-0.39, 0.29) is 11.7 Å². The van der Waals surface area contributed by atoms with Crippen LogP contribution in [0, 0.1) is 10.1 Å². The summed E-state index contributed by atoms with van der Waals surface area (Å²) in [7, 11) is 1.69. The summed E-state index contributed by atoms with van der Waals surface area (Å²) >= 11 is 0. The molecule has 104 valence electrons. The molecule has 0 saturated carbocycles. The SMILES string of the molecule is CC(c1cccc([N+](=O)[O-])c1)N(C)C(C)(C)C(=O)O. The van der Waals surface area contributed by atoms with Gasteiger partial charge >= 0.3 is 5.97 Å². The van der Waals surface area contributed by atoms with Gasteiger partial charge in [0.1, 0.15) is 5.54 Å². The summed E-state index contributed by atoms with van der Waals surface area (Å²) in [6, 6.07) is 6.00. The molecule has 6 heteroatoms. The largest absolute Gasteiger partial charge is 0.480 e. The van der Waals surface area contributed by atoms with Crippen LogP contribution in [0.3, 0.4) is 0 Å². The Morgan fingerprint density at radius 3 is 2.53 bits per heavy atom. The molecule has 0 aliphatic rings. The van der Waals surface area contributed by atoms with Crippen molar-refractivity contribution in [2.24, 2.45) is 0 Å². The number of benzene rings is 1. The fraction of sp³-hybridized carbons (Fsp3) is 0.462. The predicted octanol–water partition coefficient (Wildman–Crippen LogP) is 2.45. The van der Waals surface area contributed by atoms with Gasteiger partial charge in [0.2, 0.25) is 0 Å². The van der Waals surface area contributed by atoms with Gasteiger partial charge in [-0.15, -0.1) is 0 Å². The number of rotatable bonds is 5. The highest BCUT2D eigenvalue weighted by Gasteiger charge is 2.35. The molecule has 0 radical (unpaired) electrons. The maximum absolute atomic E-state index is 11.2. The zero-order valence-corrected chi connectivity index (χ0v) is 11.5. The quantitative estimate of drug-likeness (QED) is 0.653. The summed E-state index contributed by atoms with van der Waals surface area (Å²) in [5.74, 6) is -0.938. The molecule has 1 aromatic rings. The fourth-order valence-corrected chi connectivity index (χ4v) is 1.76. The van der Waals surface area contributed by atoms with Crippen molar-refractivity contribution in [1.82, 2.24) is 4.90 Å². The molecule has 0 fully saturated rings. The molecule has 1 aromatic carbocycles. The molecule has 0 heterocycles. The van der Waals surface area contributed by atoms with Crippen LogP contribution in [-0.4, -0.2) is 33.5 Å². The minimum Gasteiger partial charge on any atom is -0.480 e. The first-order chi connectivity index (χ1) is 8.67. The second kappa shape index (κ2) is 5.36. The average Bonchev–Trinajstić information content (AvgIpc) is 2.36. The first-order valence-corrected chi connectivity index (χ1v) is 5.88. The van der Waals surface area contributed by atoms with E-state index in [4.69, 9.17) is 0 Å². The molecule has 19 heavy (non-hydrogen) atoms. The van der Waals surface area contributed by atoms with Crippen LogP contribution in [0.1, 0.15) is 32.4 Å². The van der Waals surface area contributed by atoms with Crippen molar-refractivity contribution in [1.29, 1.82) is 0 Å². The van der Waals surface area contributed by atoms with Crippen molar-refractivity contribution >= 4 is 11.7 Å². The normalized spacial score (nSPS) is 13.3. The van der Waals surface area contributed by atoms with Crippen LogP contribution in [0.25, 0.3) is 0 Å².